The molecule has 1 aromatic rings. The SMILES string of the molecule is CC(C)CCCCNC(=S)Nc1ccc(N=C=S)cc1. The van der Waals surface area contributed by atoms with Crippen LogP contribution in [0.5, 0.6) is 0 Å². The molecule has 0 atom stereocenters. The van der Waals surface area contributed by atoms with Crippen molar-refractivity contribution in [2.24, 2.45) is 10.9 Å². The number of benzene rings is 1. The van der Waals surface area contributed by atoms with Crippen LogP contribution in [0.2, 0.25) is 0 Å². The molecule has 0 aliphatic heterocycles. The largest absolute Gasteiger partial charge is 0.362 e. The first-order valence-electron chi connectivity index (χ1n) is 6.84. The number of nitrogens with zero attached hydrogens (tertiary/aromatic N) is 1. The molecule has 1 aromatic carbocycles. The van der Waals surface area contributed by atoms with Gasteiger partial charge in [-0.15, -0.1) is 0 Å². The van der Waals surface area contributed by atoms with E-state index in [1.165, 1.54) is 12.8 Å². The van der Waals surface area contributed by atoms with Crippen LogP contribution in [0.1, 0.15) is 33.1 Å². The molecule has 3 nitrogen and oxygen atoms in total. The molecule has 2 N–H and O–H groups in total. The van der Waals surface area contributed by atoms with Crippen LogP contribution in [0.4, 0.5) is 11.4 Å². The Morgan fingerprint density at radius 1 is 1.25 bits per heavy atom. The van der Waals surface area contributed by atoms with E-state index in [1.54, 1.807) is 0 Å². The van der Waals surface area contributed by atoms with Gasteiger partial charge in [-0.2, -0.15) is 4.99 Å². The zero-order valence-corrected chi connectivity index (χ0v) is 13.6. The fourth-order valence-corrected chi connectivity index (χ4v) is 2.05. The zero-order chi connectivity index (χ0) is 14.8. The molecule has 20 heavy (non-hydrogen) atoms. The molecule has 0 bridgehead atoms. The molecule has 0 unspecified atom stereocenters. The summed E-state index contributed by atoms with van der Waals surface area (Å²) in [7, 11) is 0. The second-order valence-corrected chi connectivity index (χ2v) is 5.61. The molecule has 1 rings (SSSR count). The summed E-state index contributed by atoms with van der Waals surface area (Å²) >= 11 is 9.81. The van der Waals surface area contributed by atoms with Gasteiger partial charge in [-0.25, -0.2) is 0 Å². The lowest BCUT2D eigenvalue weighted by atomic mass is 10.1. The Labute approximate surface area is 131 Å². The Hall–Kier alpha value is -1.29. The fraction of sp³-hybridized carbons (Fsp3) is 0.467. The van der Waals surface area contributed by atoms with Gasteiger partial charge in [0.15, 0.2) is 5.11 Å². The van der Waals surface area contributed by atoms with Gasteiger partial charge in [-0.05, 0) is 61.0 Å². The average Bonchev–Trinajstić information content (AvgIpc) is 2.40. The number of rotatable bonds is 7. The van der Waals surface area contributed by atoms with Crippen molar-refractivity contribution in [3.63, 3.8) is 0 Å². The van der Waals surface area contributed by atoms with E-state index in [2.05, 4.69) is 46.9 Å². The Morgan fingerprint density at radius 3 is 2.55 bits per heavy atom. The first-order valence-corrected chi connectivity index (χ1v) is 7.66. The average molecular weight is 307 g/mol. The molecule has 0 aliphatic rings. The maximum absolute atomic E-state index is 5.25. The molecule has 0 heterocycles. The summed E-state index contributed by atoms with van der Waals surface area (Å²) in [6.07, 6.45) is 3.64. The maximum Gasteiger partial charge on any atom is 0.170 e. The number of anilines is 1. The van der Waals surface area contributed by atoms with Crippen LogP contribution >= 0.6 is 24.4 Å². The van der Waals surface area contributed by atoms with Crippen molar-refractivity contribution < 1.29 is 0 Å². The van der Waals surface area contributed by atoms with E-state index >= 15 is 0 Å². The van der Waals surface area contributed by atoms with Crippen molar-refractivity contribution in [3.05, 3.63) is 24.3 Å². The number of aliphatic imine (C=N–C) groups is 1. The van der Waals surface area contributed by atoms with Crippen LogP contribution in [0.3, 0.4) is 0 Å². The van der Waals surface area contributed by atoms with E-state index in [0.717, 1.165) is 30.3 Å². The van der Waals surface area contributed by atoms with Gasteiger partial charge < -0.3 is 10.6 Å². The first-order chi connectivity index (χ1) is 9.61. The van der Waals surface area contributed by atoms with Crippen LogP contribution in [-0.2, 0) is 0 Å². The highest BCUT2D eigenvalue weighted by Gasteiger charge is 1.98. The molecule has 0 amide bonds. The van der Waals surface area contributed by atoms with Gasteiger partial charge >= 0.3 is 0 Å². The summed E-state index contributed by atoms with van der Waals surface area (Å²) in [4.78, 5) is 3.90. The molecule has 0 aliphatic carbocycles. The van der Waals surface area contributed by atoms with Crippen molar-refractivity contribution in [1.82, 2.24) is 5.32 Å². The van der Waals surface area contributed by atoms with Crippen LogP contribution < -0.4 is 10.6 Å². The summed E-state index contributed by atoms with van der Waals surface area (Å²) in [6, 6.07) is 7.57. The van der Waals surface area contributed by atoms with E-state index in [9.17, 15) is 0 Å². The normalized spacial score (nSPS) is 9.95. The summed E-state index contributed by atoms with van der Waals surface area (Å²) in [5, 5.41) is 9.35. The molecule has 5 heteroatoms. The standard InChI is InChI=1S/C15H21N3S2/c1-12(2)5-3-4-10-16-15(20)18-14-8-6-13(7-9-14)17-11-19/h6-9,12H,3-5,10H2,1-2H3,(H2,16,18,20). The smallest absolute Gasteiger partial charge is 0.170 e. The minimum atomic E-state index is 0.653. The van der Waals surface area contributed by atoms with Crippen LogP contribution in [0.25, 0.3) is 0 Å². The highest BCUT2D eigenvalue weighted by molar-refractivity contribution is 7.80. The third kappa shape index (κ3) is 7.34. The van der Waals surface area contributed by atoms with Gasteiger partial charge in [0.25, 0.3) is 0 Å². The molecule has 0 saturated heterocycles. The quantitative estimate of drug-likeness (QED) is 0.441. The van der Waals surface area contributed by atoms with Crippen molar-refractivity contribution in [1.29, 1.82) is 0 Å². The number of hydrogen-bond donors (Lipinski definition) is 2. The number of thiocarbonyl (C=S) groups is 2. The third-order valence-corrected chi connectivity index (χ3v) is 3.13. The minimum absolute atomic E-state index is 0.653. The van der Waals surface area contributed by atoms with Crippen LogP contribution in [0.15, 0.2) is 29.3 Å². The predicted octanol–water partition coefficient (Wildman–Crippen LogP) is 4.53. The topological polar surface area (TPSA) is 36.4 Å². The minimum Gasteiger partial charge on any atom is -0.362 e. The van der Waals surface area contributed by atoms with Crippen molar-refractivity contribution in [3.8, 4) is 0 Å². The second-order valence-electron chi connectivity index (χ2n) is 5.02. The highest BCUT2D eigenvalue weighted by atomic mass is 32.1. The summed E-state index contributed by atoms with van der Waals surface area (Å²) in [5.74, 6) is 0.772. The van der Waals surface area contributed by atoms with Crippen LogP contribution in [0, 0.1) is 5.92 Å². The van der Waals surface area contributed by atoms with E-state index in [0.29, 0.717) is 5.11 Å². The van der Waals surface area contributed by atoms with E-state index in [4.69, 9.17) is 12.2 Å². The van der Waals surface area contributed by atoms with E-state index in [1.807, 2.05) is 24.3 Å². The molecular formula is C15H21N3S2. The molecule has 0 fully saturated rings. The predicted molar refractivity (Wildman–Crippen MR) is 94.0 cm³/mol. The Balaban J connectivity index is 2.26. The van der Waals surface area contributed by atoms with Crippen LogP contribution in [-0.4, -0.2) is 16.8 Å². The number of hydrogen-bond acceptors (Lipinski definition) is 3. The molecule has 0 radical (unpaired) electrons. The Bertz CT molecular complexity index is 463. The van der Waals surface area contributed by atoms with Gasteiger partial charge in [0.05, 0.1) is 10.8 Å². The lowest BCUT2D eigenvalue weighted by Crippen LogP contribution is -2.29. The number of nitrogens with one attached hydrogen (secondary N) is 2. The zero-order valence-electron chi connectivity index (χ0n) is 12.0. The highest BCUT2D eigenvalue weighted by Crippen LogP contribution is 2.15. The first kappa shape index (κ1) is 16.8. The van der Waals surface area contributed by atoms with Crippen molar-refractivity contribution in [2.45, 2.75) is 33.1 Å². The number of isothiocyanates is 1. The molecule has 0 saturated carbocycles. The second kappa shape index (κ2) is 9.59. The van der Waals surface area contributed by atoms with Crippen molar-refractivity contribution >= 4 is 46.1 Å². The Kier molecular flexibility index (Phi) is 8.04. The van der Waals surface area contributed by atoms with Gasteiger partial charge in [-0.3, -0.25) is 0 Å². The lowest BCUT2D eigenvalue weighted by Gasteiger charge is -2.11. The molecular weight excluding hydrogens is 286 g/mol. The fourth-order valence-electron chi connectivity index (χ4n) is 1.73. The van der Waals surface area contributed by atoms with Gasteiger partial charge in [-0.1, -0.05) is 26.7 Å². The van der Waals surface area contributed by atoms with Gasteiger partial charge in [0.1, 0.15) is 0 Å². The lowest BCUT2D eigenvalue weighted by molar-refractivity contribution is 0.536. The molecule has 108 valence electrons. The summed E-state index contributed by atoms with van der Waals surface area (Å²) < 4.78 is 0. The number of unbranched alkanes of at least 4 members (excludes halogenated alkanes) is 1. The van der Waals surface area contributed by atoms with Crippen molar-refractivity contribution in [2.75, 3.05) is 11.9 Å². The van der Waals surface area contributed by atoms with Gasteiger partial charge in [0.2, 0.25) is 0 Å². The molecule has 0 aromatic heterocycles. The summed E-state index contributed by atoms with van der Waals surface area (Å²) in [5.41, 5.74) is 1.73. The van der Waals surface area contributed by atoms with E-state index < -0.39 is 0 Å². The maximum atomic E-state index is 5.25. The Morgan fingerprint density at radius 2 is 1.95 bits per heavy atom. The monoisotopic (exact) mass is 307 g/mol. The van der Waals surface area contributed by atoms with Gasteiger partial charge in [0, 0.05) is 12.2 Å². The van der Waals surface area contributed by atoms with E-state index in [-0.39, 0.29) is 0 Å². The summed E-state index contributed by atoms with van der Waals surface area (Å²) in [6.45, 7) is 5.40. The molecule has 0 spiro atoms. The third-order valence-electron chi connectivity index (χ3n) is 2.79.